The third-order valence-electron chi connectivity index (χ3n) is 6.85. The van der Waals surface area contributed by atoms with Crippen LogP contribution in [0.4, 0.5) is 4.79 Å². The molecule has 0 bridgehead atoms. The summed E-state index contributed by atoms with van der Waals surface area (Å²) >= 11 is 1.50. The Labute approximate surface area is 206 Å². The predicted molar refractivity (Wildman–Crippen MR) is 137 cm³/mol. The number of urea groups is 1. The molecule has 0 saturated carbocycles. The number of ether oxygens (including phenoxy) is 1. The molecule has 7 nitrogen and oxygen atoms in total. The topological polar surface area (TPSA) is 56.3 Å². The van der Waals surface area contributed by atoms with Crippen molar-refractivity contribution in [2.24, 2.45) is 0 Å². The zero-order valence-corrected chi connectivity index (χ0v) is 21.7. The van der Waals surface area contributed by atoms with Gasteiger partial charge < -0.3 is 24.3 Å². The van der Waals surface area contributed by atoms with E-state index in [1.807, 2.05) is 79.0 Å². The van der Waals surface area contributed by atoms with Crippen molar-refractivity contribution in [1.82, 2.24) is 19.6 Å². The third-order valence-corrected chi connectivity index (χ3v) is 7.97. The summed E-state index contributed by atoms with van der Waals surface area (Å²) < 4.78 is 5.72. The van der Waals surface area contributed by atoms with Crippen LogP contribution in [-0.4, -0.2) is 97.0 Å². The molecule has 3 heterocycles. The normalized spacial score (nSPS) is 20.7. The van der Waals surface area contributed by atoms with Gasteiger partial charge in [-0.2, -0.15) is 0 Å². The Morgan fingerprint density at radius 2 is 1.65 bits per heavy atom. The Hall–Kier alpha value is -2.58. The van der Waals surface area contributed by atoms with Gasteiger partial charge in [0.15, 0.2) is 0 Å². The van der Waals surface area contributed by atoms with Gasteiger partial charge in [0.2, 0.25) is 0 Å². The Balaban J connectivity index is 1.35. The molecule has 0 radical (unpaired) electrons. The second-order valence-electron chi connectivity index (χ2n) is 9.76. The molecule has 2 aliphatic rings. The maximum absolute atomic E-state index is 13.2. The average Bonchev–Trinajstić information content (AvgIpc) is 3.58. The standard InChI is InChI=1S/C26H36N4O3S/c1-18(2)33-22-8-6-19(7-9-22)23-10-11-24(34-23)25(31)28(4)21-13-15-30(17-21)26(32)29(5)20-12-14-27(3)16-20/h6-11,18,20-21H,12-17H2,1-5H3/t20-,21+/m1/s1. The van der Waals surface area contributed by atoms with Gasteiger partial charge in [-0.25, -0.2) is 4.79 Å². The highest BCUT2D eigenvalue weighted by Crippen LogP contribution is 2.31. The molecule has 1 aromatic heterocycles. The van der Waals surface area contributed by atoms with Crippen molar-refractivity contribution < 1.29 is 14.3 Å². The van der Waals surface area contributed by atoms with E-state index in [1.165, 1.54) is 11.3 Å². The molecule has 2 atom stereocenters. The fourth-order valence-electron chi connectivity index (χ4n) is 4.76. The summed E-state index contributed by atoms with van der Waals surface area (Å²) in [4.78, 5) is 35.8. The van der Waals surface area contributed by atoms with Crippen molar-refractivity contribution in [2.75, 3.05) is 47.3 Å². The molecule has 0 aliphatic carbocycles. The first kappa shape index (κ1) is 24.5. The summed E-state index contributed by atoms with van der Waals surface area (Å²) in [6.07, 6.45) is 1.96. The molecule has 0 spiro atoms. The fraction of sp³-hybridized carbons (Fsp3) is 0.538. The molecule has 0 N–H and O–H groups in total. The minimum Gasteiger partial charge on any atom is -0.491 e. The van der Waals surface area contributed by atoms with E-state index >= 15 is 0 Å². The first-order valence-corrected chi connectivity index (χ1v) is 12.9. The van der Waals surface area contributed by atoms with E-state index in [0.29, 0.717) is 13.1 Å². The number of hydrogen-bond acceptors (Lipinski definition) is 5. The zero-order valence-electron chi connectivity index (χ0n) is 20.9. The number of carbonyl (C=O) groups is 2. The number of hydrogen-bond donors (Lipinski definition) is 0. The minimum absolute atomic E-state index is 0.0149. The second-order valence-corrected chi connectivity index (χ2v) is 10.8. The largest absolute Gasteiger partial charge is 0.491 e. The van der Waals surface area contributed by atoms with E-state index in [0.717, 1.165) is 47.0 Å². The van der Waals surface area contributed by atoms with Crippen molar-refractivity contribution >= 4 is 23.3 Å². The fourth-order valence-corrected chi connectivity index (χ4v) is 5.75. The average molecular weight is 485 g/mol. The molecule has 4 rings (SSSR count). The van der Waals surface area contributed by atoms with Gasteiger partial charge in [-0.3, -0.25) is 4.79 Å². The summed E-state index contributed by atoms with van der Waals surface area (Å²) in [5.41, 5.74) is 1.07. The van der Waals surface area contributed by atoms with Crippen LogP contribution in [0.15, 0.2) is 36.4 Å². The maximum Gasteiger partial charge on any atom is 0.320 e. The van der Waals surface area contributed by atoms with Crippen LogP contribution in [0.3, 0.4) is 0 Å². The van der Waals surface area contributed by atoms with E-state index in [4.69, 9.17) is 4.74 Å². The molecule has 0 unspecified atom stereocenters. The van der Waals surface area contributed by atoms with E-state index < -0.39 is 0 Å². The predicted octanol–water partition coefficient (Wildman–Crippen LogP) is 4.10. The van der Waals surface area contributed by atoms with Crippen LogP contribution in [0.5, 0.6) is 5.75 Å². The van der Waals surface area contributed by atoms with Crippen LogP contribution in [0.2, 0.25) is 0 Å². The lowest BCUT2D eigenvalue weighted by Crippen LogP contribution is -2.47. The van der Waals surface area contributed by atoms with Crippen LogP contribution >= 0.6 is 11.3 Å². The third kappa shape index (κ3) is 5.39. The lowest BCUT2D eigenvalue weighted by atomic mass is 10.2. The van der Waals surface area contributed by atoms with E-state index in [-0.39, 0.29) is 30.1 Å². The Morgan fingerprint density at radius 3 is 2.29 bits per heavy atom. The minimum atomic E-state index is 0.0149. The maximum atomic E-state index is 13.2. The monoisotopic (exact) mass is 484 g/mol. The lowest BCUT2D eigenvalue weighted by molar-refractivity contribution is 0.0739. The molecule has 184 valence electrons. The summed E-state index contributed by atoms with van der Waals surface area (Å²) in [5.74, 6) is 0.860. The van der Waals surface area contributed by atoms with Gasteiger partial charge in [0.25, 0.3) is 5.91 Å². The molecule has 8 heteroatoms. The highest BCUT2D eigenvalue weighted by Gasteiger charge is 2.35. The van der Waals surface area contributed by atoms with Crippen molar-refractivity contribution in [2.45, 2.75) is 44.9 Å². The highest BCUT2D eigenvalue weighted by atomic mass is 32.1. The number of carbonyl (C=O) groups excluding carboxylic acids is 2. The number of thiophene rings is 1. The number of benzene rings is 1. The van der Waals surface area contributed by atoms with Crippen LogP contribution < -0.4 is 4.74 Å². The molecule has 1 aromatic carbocycles. The van der Waals surface area contributed by atoms with Gasteiger partial charge in [0, 0.05) is 44.6 Å². The Kier molecular flexibility index (Phi) is 7.48. The number of amides is 3. The van der Waals surface area contributed by atoms with Gasteiger partial charge in [-0.1, -0.05) is 0 Å². The summed E-state index contributed by atoms with van der Waals surface area (Å²) in [5, 5.41) is 0. The smallest absolute Gasteiger partial charge is 0.320 e. The highest BCUT2D eigenvalue weighted by molar-refractivity contribution is 7.17. The quantitative estimate of drug-likeness (QED) is 0.619. The van der Waals surface area contributed by atoms with Crippen LogP contribution in [0.1, 0.15) is 36.4 Å². The first-order valence-electron chi connectivity index (χ1n) is 12.1. The Morgan fingerprint density at radius 1 is 0.971 bits per heavy atom. The lowest BCUT2D eigenvalue weighted by Gasteiger charge is -2.30. The van der Waals surface area contributed by atoms with Crippen molar-refractivity contribution in [3.8, 4) is 16.2 Å². The van der Waals surface area contributed by atoms with Crippen LogP contribution in [-0.2, 0) is 0 Å². The molecule has 2 aliphatic heterocycles. The molecule has 2 fully saturated rings. The Bertz CT molecular complexity index is 1010. The number of likely N-dealkylation sites (tertiary alicyclic amines) is 2. The number of nitrogens with zero attached hydrogens (tertiary/aromatic N) is 4. The SMILES string of the molecule is CC(C)Oc1ccc(-c2ccc(C(=O)N(C)[C@H]3CCN(C(=O)N(C)[C@@H]4CCN(C)C4)C3)s2)cc1. The van der Waals surface area contributed by atoms with Crippen LogP contribution in [0, 0.1) is 0 Å². The number of likely N-dealkylation sites (N-methyl/N-ethyl adjacent to an activating group) is 3. The van der Waals surface area contributed by atoms with Crippen LogP contribution in [0.25, 0.3) is 10.4 Å². The van der Waals surface area contributed by atoms with Gasteiger partial charge in [0.1, 0.15) is 5.75 Å². The molecular weight excluding hydrogens is 448 g/mol. The summed E-state index contributed by atoms with van der Waals surface area (Å²) in [6, 6.07) is 12.3. The summed E-state index contributed by atoms with van der Waals surface area (Å²) in [7, 11) is 5.86. The zero-order chi connectivity index (χ0) is 24.4. The summed E-state index contributed by atoms with van der Waals surface area (Å²) in [6.45, 7) is 7.24. The van der Waals surface area contributed by atoms with E-state index in [2.05, 4.69) is 11.9 Å². The molecule has 3 amide bonds. The van der Waals surface area contributed by atoms with Gasteiger partial charge in [-0.05, 0) is 82.2 Å². The van der Waals surface area contributed by atoms with Gasteiger partial charge in [-0.15, -0.1) is 11.3 Å². The van der Waals surface area contributed by atoms with Gasteiger partial charge >= 0.3 is 6.03 Å². The second kappa shape index (κ2) is 10.4. The molecule has 2 saturated heterocycles. The van der Waals surface area contributed by atoms with Crippen molar-refractivity contribution in [3.63, 3.8) is 0 Å². The van der Waals surface area contributed by atoms with E-state index in [9.17, 15) is 9.59 Å². The molecule has 2 aromatic rings. The first-order chi connectivity index (χ1) is 16.2. The van der Waals surface area contributed by atoms with Crippen molar-refractivity contribution in [1.29, 1.82) is 0 Å². The van der Waals surface area contributed by atoms with E-state index in [1.54, 1.807) is 0 Å². The number of rotatable bonds is 6. The van der Waals surface area contributed by atoms with Crippen molar-refractivity contribution in [3.05, 3.63) is 41.3 Å². The molecular formula is C26H36N4O3S. The van der Waals surface area contributed by atoms with Gasteiger partial charge in [0.05, 0.1) is 17.0 Å². The molecule has 34 heavy (non-hydrogen) atoms.